The van der Waals surface area contributed by atoms with Crippen LogP contribution in [0.1, 0.15) is 53.4 Å². The van der Waals surface area contributed by atoms with Crippen LogP contribution < -0.4 is 10.6 Å². The number of guanidine groups is 1. The summed E-state index contributed by atoms with van der Waals surface area (Å²) in [7, 11) is 0. The smallest absolute Gasteiger partial charge is 0.191 e. The molecule has 0 bridgehead atoms. The summed E-state index contributed by atoms with van der Waals surface area (Å²) in [6.45, 7) is 14.3. The van der Waals surface area contributed by atoms with Crippen molar-refractivity contribution in [1.82, 2.24) is 15.5 Å². The highest BCUT2D eigenvalue weighted by Crippen LogP contribution is 2.17. The van der Waals surface area contributed by atoms with E-state index in [4.69, 9.17) is 4.99 Å². The van der Waals surface area contributed by atoms with E-state index in [0.29, 0.717) is 6.04 Å². The highest BCUT2D eigenvalue weighted by atomic mass is 127. The number of hydrogen-bond donors (Lipinski definition) is 2. The van der Waals surface area contributed by atoms with Crippen LogP contribution in [0.3, 0.4) is 0 Å². The molecule has 0 radical (unpaired) electrons. The number of piperidine rings is 1. The van der Waals surface area contributed by atoms with Crippen molar-refractivity contribution >= 4 is 29.9 Å². The first-order valence-electron chi connectivity index (χ1n) is 8.43. The molecule has 21 heavy (non-hydrogen) atoms. The van der Waals surface area contributed by atoms with Gasteiger partial charge in [-0.25, -0.2) is 0 Å². The molecular formula is C16H35IN4. The van der Waals surface area contributed by atoms with Gasteiger partial charge in [-0.1, -0.05) is 20.3 Å². The van der Waals surface area contributed by atoms with Crippen LogP contribution in [0.4, 0.5) is 0 Å². The van der Waals surface area contributed by atoms with Gasteiger partial charge in [0, 0.05) is 19.1 Å². The first-order valence-corrected chi connectivity index (χ1v) is 8.43. The summed E-state index contributed by atoms with van der Waals surface area (Å²) in [6, 6.07) is 0.545. The summed E-state index contributed by atoms with van der Waals surface area (Å²) in [4.78, 5) is 7.31. The number of nitrogens with zero attached hydrogens (tertiary/aromatic N) is 2. The van der Waals surface area contributed by atoms with E-state index in [2.05, 4.69) is 43.2 Å². The first kappa shape index (κ1) is 21.0. The molecule has 1 heterocycles. The molecule has 0 aliphatic carbocycles. The monoisotopic (exact) mass is 410 g/mol. The second-order valence-corrected chi connectivity index (χ2v) is 6.07. The van der Waals surface area contributed by atoms with Crippen LogP contribution in [0.15, 0.2) is 4.99 Å². The molecule has 1 aliphatic rings. The number of unbranched alkanes of at least 4 members (excludes halogenated alkanes) is 1. The zero-order chi connectivity index (χ0) is 14.8. The van der Waals surface area contributed by atoms with Gasteiger partial charge >= 0.3 is 0 Å². The fourth-order valence-electron chi connectivity index (χ4n) is 2.53. The molecule has 0 amide bonds. The molecule has 2 N–H and O–H groups in total. The number of rotatable bonds is 7. The van der Waals surface area contributed by atoms with Gasteiger partial charge in [-0.05, 0) is 52.1 Å². The summed E-state index contributed by atoms with van der Waals surface area (Å²) >= 11 is 0. The summed E-state index contributed by atoms with van der Waals surface area (Å²) < 4.78 is 0. The van der Waals surface area contributed by atoms with E-state index in [9.17, 15) is 0 Å². The largest absolute Gasteiger partial charge is 0.357 e. The van der Waals surface area contributed by atoms with Gasteiger partial charge < -0.3 is 10.6 Å². The SMILES string of the molecule is CCCCNC(=NCC(C)N1CCC(C)CC1)NCC.I. The van der Waals surface area contributed by atoms with Gasteiger partial charge in [0.15, 0.2) is 5.96 Å². The van der Waals surface area contributed by atoms with Crippen LogP contribution in [0.5, 0.6) is 0 Å². The van der Waals surface area contributed by atoms with Crippen molar-refractivity contribution in [3.63, 3.8) is 0 Å². The standard InChI is InChI=1S/C16H34N4.HI/c1-5-7-10-18-16(17-6-2)19-13-15(4)20-11-8-14(3)9-12-20;/h14-15H,5-13H2,1-4H3,(H2,17,18,19);1H. The van der Waals surface area contributed by atoms with Crippen molar-refractivity contribution in [1.29, 1.82) is 0 Å². The Balaban J connectivity index is 0.00000400. The van der Waals surface area contributed by atoms with Gasteiger partial charge in [0.05, 0.1) is 6.54 Å². The molecule has 1 saturated heterocycles. The molecule has 0 aromatic heterocycles. The van der Waals surface area contributed by atoms with E-state index in [-0.39, 0.29) is 24.0 Å². The lowest BCUT2D eigenvalue weighted by atomic mass is 9.98. The van der Waals surface area contributed by atoms with Crippen LogP contribution in [-0.2, 0) is 0 Å². The lowest BCUT2D eigenvalue weighted by Crippen LogP contribution is -2.42. The molecular weight excluding hydrogens is 375 g/mol. The Morgan fingerprint density at radius 2 is 1.90 bits per heavy atom. The average molecular weight is 410 g/mol. The summed E-state index contributed by atoms with van der Waals surface area (Å²) in [5.74, 6) is 1.87. The minimum Gasteiger partial charge on any atom is -0.357 e. The maximum absolute atomic E-state index is 4.73. The Morgan fingerprint density at radius 3 is 2.48 bits per heavy atom. The number of hydrogen-bond acceptors (Lipinski definition) is 2. The van der Waals surface area contributed by atoms with E-state index in [1.807, 2.05) is 0 Å². The van der Waals surface area contributed by atoms with Crippen molar-refractivity contribution in [2.45, 2.75) is 59.4 Å². The van der Waals surface area contributed by atoms with Crippen molar-refractivity contribution in [2.24, 2.45) is 10.9 Å². The Hall–Kier alpha value is -0.0400. The molecule has 126 valence electrons. The van der Waals surface area contributed by atoms with E-state index < -0.39 is 0 Å². The normalized spacial score (nSPS) is 19.0. The van der Waals surface area contributed by atoms with Crippen LogP contribution in [0, 0.1) is 5.92 Å². The minimum absolute atomic E-state index is 0. The van der Waals surface area contributed by atoms with Crippen molar-refractivity contribution in [3.05, 3.63) is 0 Å². The van der Waals surface area contributed by atoms with Crippen molar-refractivity contribution in [2.75, 3.05) is 32.7 Å². The lowest BCUT2D eigenvalue weighted by Gasteiger charge is -2.34. The summed E-state index contributed by atoms with van der Waals surface area (Å²) in [6.07, 6.45) is 5.09. The predicted octanol–water partition coefficient (Wildman–Crippen LogP) is 3.08. The lowest BCUT2D eigenvalue weighted by molar-refractivity contribution is 0.150. The van der Waals surface area contributed by atoms with Gasteiger partial charge in [-0.3, -0.25) is 9.89 Å². The zero-order valence-corrected chi connectivity index (χ0v) is 16.7. The van der Waals surface area contributed by atoms with E-state index in [1.165, 1.54) is 38.8 Å². The van der Waals surface area contributed by atoms with Crippen molar-refractivity contribution in [3.8, 4) is 0 Å². The third-order valence-electron chi connectivity index (χ3n) is 4.12. The molecule has 1 unspecified atom stereocenters. The van der Waals surface area contributed by atoms with Crippen LogP contribution in [0.2, 0.25) is 0 Å². The maximum Gasteiger partial charge on any atom is 0.191 e. The highest BCUT2D eigenvalue weighted by Gasteiger charge is 2.19. The fraction of sp³-hybridized carbons (Fsp3) is 0.938. The first-order chi connectivity index (χ1) is 9.67. The Bertz CT molecular complexity index is 275. The summed E-state index contributed by atoms with van der Waals surface area (Å²) in [5.41, 5.74) is 0. The van der Waals surface area contributed by atoms with Gasteiger partial charge in [0.25, 0.3) is 0 Å². The third kappa shape index (κ3) is 8.86. The molecule has 1 aliphatic heterocycles. The van der Waals surface area contributed by atoms with Gasteiger partial charge in [0.2, 0.25) is 0 Å². The molecule has 0 aromatic rings. The molecule has 0 saturated carbocycles. The van der Waals surface area contributed by atoms with Gasteiger partial charge in [0.1, 0.15) is 0 Å². The van der Waals surface area contributed by atoms with Crippen LogP contribution in [0.25, 0.3) is 0 Å². The minimum atomic E-state index is 0. The number of halogens is 1. The Kier molecular flexibility index (Phi) is 12.5. The Labute approximate surface area is 148 Å². The maximum atomic E-state index is 4.73. The van der Waals surface area contributed by atoms with Crippen LogP contribution in [-0.4, -0.2) is 49.6 Å². The van der Waals surface area contributed by atoms with E-state index in [1.54, 1.807) is 0 Å². The number of nitrogens with one attached hydrogen (secondary N) is 2. The Morgan fingerprint density at radius 1 is 1.24 bits per heavy atom. The molecule has 1 rings (SSSR count). The second-order valence-electron chi connectivity index (χ2n) is 6.07. The predicted molar refractivity (Wildman–Crippen MR) is 104 cm³/mol. The molecule has 0 aromatic carbocycles. The van der Waals surface area contributed by atoms with Gasteiger partial charge in [-0.15, -0.1) is 24.0 Å². The molecule has 1 fully saturated rings. The number of aliphatic imine (C=N–C) groups is 1. The third-order valence-corrected chi connectivity index (χ3v) is 4.12. The zero-order valence-electron chi connectivity index (χ0n) is 14.3. The topological polar surface area (TPSA) is 39.7 Å². The quantitative estimate of drug-likeness (QED) is 0.293. The molecule has 0 spiro atoms. The molecule has 4 nitrogen and oxygen atoms in total. The number of likely N-dealkylation sites (tertiary alicyclic amines) is 1. The van der Waals surface area contributed by atoms with E-state index >= 15 is 0 Å². The van der Waals surface area contributed by atoms with E-state index in [0.717, 1.165) is 31.5 Å². The molecule has 1 atom stereocenters. The summed E-state index contributed by atoms with van der Waals surface area (Å²) in [5, 5.41) is 6.73. The molecule has 5 heteroatoms. The van der Waals surface area contributed by atoms with Crippen LogP contribution >= 0.6 is 24.0 Å². The average Bonchev–Trinajstić information content (AvgIpc) is 2.45. The second kappa shape index (κ2) is 12.5. The highest BCUT2D eigenvalue weighted by molar-refractivity contribution is 14.0. The fourth-order valence-corrected chi connectivity index (χ4v) is 2.53. The van der Waals surface area contributed by atoms with Gasteiger partial charge in [-0.2, -0.15) is 0 Å². The van der Waals surface area contributed by atoms with Crippen molar-refractivity contribution < 1.29 is 0 Å².